The van der Waals surface area contributed by atoms with E-state index in [0.717, 1.165) is 16.1 Å². The van der Waals surface area contributed by atoms with Crippen LogP contribution in [0, 0.1) is 3.57 Å². The van der Waals surface area contributed by atoms with Crippen LogP contribution in [0.5, 0.6) is 0 Å². The third-order valence-electron chi connectivity index (χ3n) is 2.21. The van der Waals surface area contributed by atoms with Crippen molar-refractivity contribution in [2.24, 2.45) is 0 Å². The molecule has 0 unspecified atom stereocenters. The van der Waals surface area contributed by atoms with Crippen LogP contribution >= 0.6 is 38.5 Å². The molecule has 0 fully saturated rings. The quantitative estimate of drug-likeness (QED) is 0.620. The molecule has 0 aliphatic heterocycles. The molecule has 0 aliphatic rings. The maximum atomic E-state index is 4.27. The van der Waals surface area contributed by atoms with E-state index in [-0.39, 0.29) is 0 Å². The number of rotatable bonds is 4. The molecular weight excluding hydrogens is 393 g/mol. The molecule has 1 N–H and O–H groups in total. The van der Waals surface area contributed by atoms with Gasteiger partial charge >= 0.3 is 0 Å². The molecular formula is C12H11BrIN3. The second-order valence-electron chi connectivity index (χ2n) is 3.39. The van der Waals surface area contributed by atoms with Gasteiger partial charge < -0.3 is 5.32 Å². The number of halogens is 2. The Morgan fingerprint density at radius 3 is 3.06 bits per heavy atom. The van der Waals surface area contributed by atoms with Gasteiger partial charge in [0.15, 0.2) is 0 Å². The summed E-state index contributed by atoms with van der Waals surface area (Å²) in [5.41, 5.74) is 1.06. The average molecular weight is 404 g/mol. The number of hydrogen-bond acceptors (Lipinski definition) is 2. The zero-order valence-electron chi connectivity index (χ0n) is 9.03. The van der Waals surface area contributed by atoms with E-state index in [2.05, 4.69) is 73.6 Å². The fourth-order valence-corrected chi connectivity index (χ4v) is 2.96. The maximum Gasteiger partial charge on any atom is 0.207 e. The Morgan fingerprint density at radius 1 is 1.53 bits per heavy atom. The summed E-state index contributed by atoms with van der Waals surface area (Å²) < 4.78 is 4.24. The lowest BCUT2D eigenvalue weighted by Crippen LogP contribution is -2.06. The third kappa shape index (κ3) is 2.90. The number of aromatic nitrogens is 2. The predicted octanol–water partition coefficient (Wildman–Crippen LogP) is 3.84. The van der Waals surface area contributed by atoms with Gasteiger partial charge in [-0.25, -0.2) is 4.98 Å². The fraction of sp³-hybridized carbons (Fsp3) is 0.0833. The summed E-state index contributed by atoms with van der Waals surface area (Å²) in [6.45, 7) is 4.38. The van der Waals surface area contributed by atoms with Gasteiger partial charge in [0.2, 0.25) is 5.95 Å². The minimum Gasteiger partial charge on any atom is -0.352 e. The zero-order valence-corrected chi connectivity index (χ0v) is 12.8. The van der Waals surface area contributed by atoms with E-state index in [1.54, 1.807) is 6.20 Å². The highest BCUT2D eigenvalue weighted by Crippen LogP contribution is 2.25. The van der Waals surface area contributed by atoms with Gasteiger partial charge in [0.05, 0.1) is 5.69 Å². The van der Waals surface area contributed by atoms with Crippen LogP contribution in [-0.2, 0) is 0 Å². The van der Waals surface area contributed by atoms with Crippen molar-refractivity contribution in [2.45, 2.75) is 0 Å². The van der Waals surface area contributed by atoms with Gasteiger partial charge in [-0.2, -0.15) is 0 Å². The molecule has 0 spiro atoms. The van der Waals surface area contributed by atoms with E-state index in [4.69, 9.17) is 0 Å². The highest BCUT2D eigenvalue weighted by molar-refractivity contribution is 14.1. The Labute approximate surface area is 122 Å². The molecule has 0 amide bonds. The van der Waals surface area contributed by atoms with Crippen LogP contribution in [-0.4, -0.2) is 16.1 Å². The van der Waals surface area contributed by atoms with Crippen molar-refractivity contribution in [3.8, 4) is 5.69 Å². The van der Waals surface area contributed by atoms with E-state index in [0.29, 0.717) is 6.54 Å². The van der Waals surface area contributed by atoms with Crippen molar-refractivity contribution in [2.75, 3.05) is 11.9 Å². The normalized spacial score (nSPS) is 10.2. The number of nitrogens with zero attached hydrogens (tertiary/aromatic N) is 2. The summed E-state index contributed by atoms with van der Waals surface area (Å²) in [6.07, 6.45) is 5.51. The van der Waals surface area contributed by atoms with Crippen molar-refractivity contribution in [3.05, 3.63) is 51.3 Å². The molecule has 17 heavy (non-hydrogen) atoms. The number of benzene rings is 1. The van der Waals surface area contributed by atoms with Crippen molar-refractivity contribution in [1.29, 1.82) is 0 Å². The summed E-state index contributed by atoms with van der Waals surface area (Å²) >= 11 is 5.86. The van der Waals surface area contributed by atoms with Gasteiger partial charge in [-0.05, 0) is 56.7 Å². The van der Waals surface area contributed by atoms with Crippen LogP contribution in [0.1, 0.15) is 0 Å². The van der Waals surface area contributed by atoms with Gasteiger partial charge in [-0.1, -0.05) is 6.08 Å². The van der Waals surface area contributed by atoms with Crippen molar-refractivity contribution < 1.29 is 0 Å². The zero-order chi connectivity index (χ0) is 12.3. The largest absolute Gasteiger partial charge is 0.352 e. The highest BCUT2D eigenvalue weighted by atomic mass is 127. The highest BCUT2D eigenvalue weighted by Gasteiger charge is 2.07. The van der Waals surface area contributed by atoms with Crippen molar-refractivity contribution in [3.63, 3.8) is 0 Å². The van der Waals surface area contributed by atoms with Crippen LogP contribution in [0.15, 0.2) is 47.7 Å². The van der Waals surface area contributed by atoms with Crippen LogP contribution < -0.4 is 5.32 Å². The van der Waals surface area contributed by atoms with Crippen LogP contribution in [0.3, 0.4) is 0 Å². The summed E-state index contributed by atoms with van der Waals surface area (Å²) in [5, 5.41) is 3.19. The molecule has 3 nitrogen and oxygen atoms in total. The number of anilines is 1. The molecule has 88 valence electrons. The first-order chi connectivity index (χ1) is 8.22. The SMILES string of the molecule is C=CCNc1nccn1-c1ccc(I)cc1Br. The van der Waals surface area contributed by atoms with Crippen molar-refractivity contribution >= 4 is 44.5 Å². The minimum atomic E-state index is 0.693. The lowest BCUT2D eigenvalue weighted by molar-refractivity contribution is 1.03. The van der Waals surface area contributed by atoms with Gasteiger partial charge in [-0.15, -0.1) is 6.58 Å². The van der Waals surface area contributed by atoms with E-state index >= 15 is 0 Å². The molecule has 0 aliphatic carbocycles. The number of imidazole rings is 1. The molecule has 0 bridgehead atoms. The Morgan fingerprint density at radius 2 is 2.35 bits per heavy atom. The van der Waals surface area contributed by atoms with E-state index in [9.17, 15) is 0 Å². The molecule has 0 radical (unpaired) electrons. The molecule has 0 saturated heterocycles. The minimum absolute atomic E-state index is 0.693. The van der Waals surface area contributed by atoms with Crippen molar-refractivity contribution in [1.82, 2.24) is 9.55 Å². The van der Waals surface area contributed by atoms with Gasteiger partial charge in [0.25, 0.3) is 0 Å². The van der Waals surface area contributed by atoms with E-state index in [1.165, 1.54) is 3.57 Å². The second kappa shape index (κ2) is 5.68. The smallest absolute Gasteiger partial charge is 0.207 e. The second-order valence-corrected chi connectivity index (χ2v) is 5.49. The first kappa shape index (κ1) is 12.6. The predicted molar refractivity (Wildman–Crippen MR) is 82.7 cm³/mol. The fourth-order valence-electron chi connectivity index (χ4n) is 1.47. The Hall–Kier alpha value is -0.820. The van der Waals surface area contributed by atoms with Crippen LogP contribution in [0.25, 0.3) is 5.69 Å². The third-order valence-corrected chi connectivity index (χ3v) is 3.52. The molecule has 2 rings (SSSR count). The Balaban J connectivity index is 2.38. The summed E-state index contributed by atoms with van der Waals surface area (Å²) in [7, 11) is 0. The lowest BCUT2D eigenvalue weighted by atomic mass is 10.3. The number of hydrogen-bond donors (Lipinski definition) is 1. The first-order valence-electron chi connectivity index (χ1n) is 5.06. The monoisotopic (exact) mass is 403 g/mol. The lowest BCUT2D eigenvalue weighted by Gasteiger charge is -2.10. The molecule has 1 heterocycles. The molecule has 1 aromatic heterocycles. The molecule has 0 saturated carbocycles. The molecule has 0 atom stereocenters. The van der Waals surface area contributed by atoms with Crippen LogP contribution in [0.2, 0.25) is 0 Å². The first-order valence-corrected chi connectivity index (χ1v) is 6.93. The molecule has 1 aromatic carbocycles. The summed E-state index contributed by atoms with van der Waals surface area (Å²) in [5.74, 6) is 0.812. The summed E-state index contributed by atoms with van der Waals surface area (Å²) in [4.78, 5) is 4.27. The van der Waals surface area contributed by atoms with Crippen LogP contribution in [0.4, 0.5) is 5.95 Å². The topological polar surface area (TPSA) is 29.9 Å². The molecule has 5 heteroatoms. The summed E-state index contributed by atoms with van der Waals surface area (Å²) in [6, 6.07) is 6.21. The Bertz CT molecular complexity index is 536. The van der Waals surface area contributed by atoms with E-state index < -0.39 is 0 Å². The van der Waals surface area contributed by atoms with Gasteiger partial charge in [0.1, 0.15) is 0 Å². The average Bonchev–Trinajstić information content (AvgIpc) is 2.74. The maximum absolute atomic E-state index is 4.27. The molecule has 2 aromatic rings. The Kier molecular flexibility index (Phi) is 4.22. The van der Waals surface area contributed by atoms with Gasteiger partial charge in [-0.3, -0.25) is 4.57 Å². The van der Waals surface area contributed by atoms with Gasteiger partial charge in [0, 0.05) is 27.0 Å². The van der Waals surface area contributed by atoms with E-state index in [1.807, 2.05) is 16.8 Å². The number of nitrogens with one attached hydrogen (secondary N) is 1. The standard InChI is InChI=1S/C12H11BrIN3/c1-2-5-15-12-16-6-7-17(12)11-4-3-9(14)8-10(11)13/h2-4,6-8H,1,5H2,(H,15,16).